The van der Waals surface area contributed by atoms with E-state index >= 15 is 0 Å². The molecule has 2 nitrogen and oxygen atoms in total. The maximum Gasteiger partial charge on any atom is 0.310 e. The van der Waals surface area contributed by atoms with Gasteiger partial charge in [0.2, 0.25) is 0 Å². The summed E-state index contributed by atoms with van der Waals surface area (Å²) in [6.07, 6.45) is 0. The quantitative estimate of drug-likeness (QED) is 0.855. The third-order valence-corrected chi connectivity index (χ3v) is 4.49. The van der Waals surface area contributed by atoms with Crippen molar-refractivity contribution in [3.8, 4) is 0 Å². The Hall–Kier alpha value is -0.613. The van der Waals surface area contributed by atoms with E-state index in [1.807, 2.05) is 24.3 Å². The lowest BCUT2D eigenvalue weighted by molar-refractivity contribution is -0.138. The molecule has 1 aromatic rings. The van der Waals surface area contributed by atoms with Gasteiger partial charge in [-0.25, -0.2) is 0 Å². The molecule has 1 N–H and O–H groups in total. The minimum Gasteiger partial charge on any atom is -0.481 e. The fourth-order valence-electron chi connectivity index (χ4n) is 1.68. The van der Waals surface area contributed by atoms with Crippen LogP contribution in [0.25, 0.3) is 0 Å². The molecule has 0 amide bonds. The molecule has 0 bridgehead atoms. The lowest BCUT2D eigenvalue weighted by atomic mass is 10.0. The Morgan fingerprint density at radius 2 is 2.06 bits per heavy atom. The number of aliphatic carboxylic acids is 1. The summed E-state index contributed by atoms with van der Waals surface area (Å²) in [5.74, 6) is -1.09. The number of rotatable bonds is 4. The molecule has 0 aliphatic rings. The van der Waals surface area contributed by atoms with Crippen LogP contribution in [0.15, 0.2) is 28.7 Å². The first-order chi connectivity index (χ1) is 7.29. The Morgan fingerprint density at radius 3 is 2.50 bits per heavy atom. The highest BCUT2D eigenvalue weighted by Crippen LogP contribution is 2.28. The minimum atomic E-state index is -1.38. The van der Waals surface area contributed by atoms with E-state index in [-0.39, 0.29) is 5.92 Å². The van der Waals surface area contributed by atoms with Crippen molar-refractivity contribution in [2.45, 2.75) is 31.6 Å². The van der Waals surface area contributed by atoms with Crippen molar-refractivity contribution in [1.29, 1.82) is 0 Å². The van der Waals surface area contributed by atoms with Gasteiger partial charge in [-0.05, 0) is 23.7 Å². The average Bonchev–Trinajstić information content (AvgIpc) is 2.12. The zero-order valence-electron chi connectivity index (χ0n) is 9.83. The summed E-state index contributed by atoms with van der Waals surface area (Å²) in [7, 11) is -1.38. The highest BCUT2D eigenvalue weighted by molar-refractivity contribution is 9.10. The molecule has 16 heavy (non-hydrogen) atoms. The molecule has 0 fully saturated rings. The van der Waals surface area contributed by atoms with E-state index in [2.05, 4.69) is 35.6 Å². The molecule has 0 aliphatic heterocycles. The number of carbonyl (C=O) groups is 1. The van der Waals surface area contributed by atoms with Crippen molar-refractivity contribution in [2.24, 2.45) is 0 Å². The lowest BCUT2D eigenvalue weighted by Gasteiger charge is -2.21. The normalized spacial score (nSPS) is 13.5. The van der Waals surface area contributed by atoms with E-state index in [1.165, 1.54) is 0 Å². The molecule has 0 aromatic heterocycles. The standard InChI is InChI=1S/C12H17BrO2Si/c1-16(2,3)8-11(12(14)15)9-5-4-6-10(13)7-9/h4-7,11H,8H2,1-3H3,(H,14,15). The SMILES string of the molecule is C[Si](C)(C)CC(C(=O)O)c1cccc(Br)c1. The molecule has 0 radical (unpaired) electrons. The molecular weight excluding hydrogens is 284 g/mol. The third-order valence-electron chi connectivity index (χ3n) is 2.37. The van der Waals surface area contributed by atoms with E-state index in [0.29, 0.717) is 0 Å². The number of hydrogen-bond donors (Lipinski definition) is 1. The maximum atomic E-state index is 11.3. The smallest absolute Gasteiger partial charge is 0.310 e. The summed E-state index contributed by atoms with van der Waals surface area (Å²) >= 11 is 3.38. The number of carboxylic acids is 1. The van der Waals surface area contributed by atoms with E-state index in [4.69, 9.17) is 0 Å². The first-order valence-electron chi connectivity index (χ1n) is 5.28. The zero-order chi connectivity index (χ0) is 12.3. The van der Waals surface area contributed by atoms with Crippen molar-refractivity contribution in [3.05, 3.63) is 34.3 Å². The van der Waals surface area contributed by atoms with Crippen molar-refractivity contribution in [1.82, 2.24) is 0 Å². The Kier molecular flexibility index (Phi) is 4.33. The van der Waals surface area contributed by atoms with Gasteiger partial charge in [0.05, 0.1) is 5.92 Å². The summed E-state index contributed by atoms with van der Waals surface area (Å²) in [6, 6.07) is 8.37. The predicted octanol–water partition coefficient (Wildman–Crippen LogP) is 3.96. The molecule has 1 atom stereocenters. The average molecular weight is 301 g/mol. The van der Waals surface area contributed by atoms with E-state index < -0.39 is 14.0 Å². The Morgan fingerprint density at radius 1 is 1.44 bits per heavy atom. The first kappa shape index (κ1) is 13.5. The van der Waals surface area contributed by atoms with Crippen LogP contribution < -0.4 is 0 Å². The van der Waals surface area contributed by atoms with Crippen LogP contribution in [0.5, 0.6) is 0 Å². The van der Waals surface area contributed by atoms with Gasteiger partial charge >= 0.3 is 5.97 Å². The van der Waals surface area contributed by atoms with Gasteiger partial charge < -0.3 is 5.11 Å². The van der Waals surface area contributed by atoms with Crippen LogP contribution in [0, 0.1) is 0 Å². The van der Waals surface area contributed by atoms with Crippen LogP contribution in [-0.4, -0.2) is 19.1 Å². The topological polar surface area (TPSA) is 37.3 Å². The van der Waals surface area contributed by atoms with Crippen molar-refractivity contribution in [3.63, 3.8) is 0 Å². The second-order valence-corrected chi connectivity index (χ2v) is 11.7. The largest absolute Gasteiger partial charge is 0.481 e. The fraction of sp³-hybridized carbons (Fsp3) is 0.417. The zero-order valence-corrected chi connectivity index (χ0v) is 12.4. The number of hydrogen-bond acceptors (Lipinski definition) is 1. The molecule has 0 saturated heterocycles. The highest BCUT2D eigenvalue weighted by atomic mass is 79.9. The maximum absolute atomic E-state index is 11.3. The van der Waals surface area contributed by atoms with Crippen LogP contribution >= 0.6 is 15.9 Å². The summed E-state index contributed by atoms with van der Waals surface area (Å²) in [6.45, 7) is 6.59. The second kappa shape index (κ2) is 5.14. The minimum absolute atomic E-state index is 0.371. The van der Waals surface area contributed by atoms with Crippen LogP contribution in [-0.2, 0) is 4.79 Å². The molecular formula is C12H17BrO2Si. The highest BCUT2D eigenvalue weighted by Gasteiger charge is 2.27. The van der Waals surface area contributed by atoms with Gasteiger partial charge in [-0.1, -0.05) is 47.7 Å². The lowest BCUT2D eigenvalue weighted by Crippen LogP contribution is -2.26. The van der Waals surface area contributed by atoms with Crippen LogP contribution in [0.1, 0.15) is 11.5 Å². The monoisotopic (exact) mass is 300 g/mol. The second-order valence-electron chi connectivity index (χ2n) is 5.21. The van der Waals surface area contributed by atoms with Crippen LogP contribution in [0.3, 0.4) is 0 Å². The third kappa shape index (κ3) is 4.10. The van der Waals surface area contributed by atoms with Gasteiger partial charge in [0.1, 0.15) is 0 Å². The number of carboxylic acid groups (broad SMARTS) is 1. The summed E-state index contributed by atoms with van der Waals surface area (Å²) < 4.78 is 0.937. The summed E-state index contributed by atoms with van der Waals surface area (Å²) in [5.41, 5.74) is 0.893. The van der Waals surface area contributed by atoms with Crippen molar-refractivity contribution < 1.29 is 9.90 Å². The van der Waals surface area contributed by atoms with Gasteiger partial charge in [-0.3, -0.25) is 4.79 Å². The van der Waals surface area contributed by atoms with Crippen molar-refractivity contribution >= 4 is 30.0 Å². The summed E-state index contributed by atoms with van der Waals surface area (Å²) in [5, 5.41) is 9.29. The van der Waals surface area contributed by atoms with Crippen molar-refractivity contribution in [2.75, 3.05) is 0 Å². The molecule has 0 saturated carbocycles. The fourth-order valence-corrected chi connectivity index (χ4v) is 3.74. The Labute approximate surface area is 106 Å². The van der Waals surface area contributed by atoms with Gasteiger partial charge in [-0.15, -0.1) is 0 Å². The molecule has 88 valence electrons. The van der Waals surface area contributed by atoms with Gasteiger partial charge in [0.25, 0.3) is 0 Å². The van der Waals surface area contributed by atoms with E-state index in [9.17, 15) is 9.90 Å². The number of halogens is 1. The summed E-state index contributed by atoms with van der Waals surface area (Å²) in [4.78, 5) is 11.3. The molecule has 0 aliphatic carbocycles. The Balaban J connectivity index is 2.99. The van der Waals surface area contributed by atoms with Gasteiger partial charge in [0.15, 0.2) is 0 Å². The van der Waals surface area contributed by atoms with Gasteiger partial charge in [-0.2, -0.15) is 0 Å². The first-order valence-corrected chi connectivity index (χ1v) is 9.78. The predicted molar refractivity (Wildman–Crippen MR) is 72.7 cm³/mol. The van der Waals surface area contributed by atoms with E-state index in [1.54, 1.807) is 0 Å². The van der Waals surface area contributed by atoms with Crippen LogP contribution in [0.2, 0.25) is 25.7 Å². The molecule has 1 aromatic carbocycles. The number of benzene rings is 1. The Bertz CT molecular complexity index is 385. The molecule has 0 spiro atoms. The molecule has 0 heterocycles. The van der Waals surface area contributed by atoms with Crippen LogP contribution in [0.4, 0.5) is 0 Å². The molecule has 1 unspecified atom stereocenters. The molecule has 4 heteroatoms. The van der Waals surface area contributed by atoms with E-state index in [0.717, 1.165) is 16.1 Å². The van der Waals surface area contributed by atoms with Gasteiger partial charge in [0, 0.05) is 12.5 Å². The molecule has 1 rings (SSSR count).